The molecule has 0 saturated carbocycles. The third kappa shape index (κ3) is 1.99. The molecular weight excluding hydrogens is 241 g/mol. The molecule has 18 heavy (non-hydrogen) atoms. The summed E-state index contributed by atoms with van der Waals surface area (Å²) in [5.74, 6) is 0.108. The molecule has 2 aromatic rings. The first-order valence-electron chi connectivity index (χ1n) is 5.77. The van der Waals surface area contributed by atoms with Gasteiger partial charge in [-0.3, -0.25) is 0 Å². The molecule has 0 atom stereocenters. The molecule has 0 aliphatic heterocycles. The van der Waals surface area contributed by atoms with Gasteiger partial charge in [-0.25, -0.2) is 0 Å². The van der Waals surface area contributed by atoms with Crippen molar-refractivity contribution in [3.8, 4) is 0 Å². The van der Waals surface area contributed by atoms with Gasteiger partial charge in [0.15, 0.2) is 0 Å². The molecule has 0 aliphatic rings. The van der Waals surface area contributed by atoms with Crippen molar-refractivity contribution in [1.29, 1.82) is 0 Å². The summed E-state index contributed by atoms with van der Waals surface area (Å²) in [7, 11) is 0. The van der Waals surface area contributed by atoms with Crippen molar-refractivity contribution in [3.05, 3.63) is 35.0 Å². The highest BCUT2D eigenvalue weighted by Crippen LogP contribution is 2.38. The number of hydrogen-bond acceptors (Lipinski definition) is 1. The van der Waals surface area contributed by atoms with Gasteiger partial charge in [0, 0.05) is 23.1 Å². The van der Waals surface area contributed by atoms with Crippen LogP contribution in [-0.2, 0) is 12.7 Å². The van der Waals surface area contributed by atoms with Crippen LogP contribution in [0.1, 0.15) is 36.6 Å². The Hall–Kier alpha value is -1.49. The lowest BCUT2D eigenvalue weighted by Crippen LogP contribution is -2.08. The number of fused-ring (bicyclic) bond motifs is 1. The standard InChI is InChI=1S/C13H15F3N2/c1-7(2)12-8(6-17)11-9(13(14,15)16)4-3-5-10(11)18-12/h3-5,7,18H,6,17H2,1-2H3. The minimum atomic E-state index is -4.36. The van der Waals surface area contributed by atoms with Gasteiger partial charge in [0.2, 0.25) is 0 Å². The van der Waals surface area contributed by atoms with Gasteiger partial charge in [-0.1, -0.05) is 19.9 Å². The Bertz CT molecular complexity index is 567. The van der Waals surface area contributed by atoms with Crippen LogP contribution in [0.4, 0.5) is 13.2 Å². The smallest absolute Gasteiger partial charge is 0.358 e. The minimum Gasteiger partial charge on any atom is -0.358 e. The number of H-pyrrole nitrogens is 1. The molecular formula is C13H15F3N2. The molecule has 0 amide bonds. The number of hydrogen-bond donors (Lipinski definition) is 2. The van der Waals surface area contributed by atoms with E-state index in [1.54, 1.807) is 6.07 Å². The Morgan fingerprint density at radius 2 is 1.94 bits per heavy atom. The molecule has 0 saturated heterocycles. The number of benzene rings is 1. The summed E-state index contributed by atoms with van der Waals surface area (Å²) in [6.07, 6.45) is -4.36. The zero-order valence-electron chi connectivity index (χ0n) is 10.2. The highest BCUT2D eigenvalue weighted by Gasteiger charge is 2.34. The van der Waals surface area contributed by atoms with E-state index in [1.165, 1.54) is 6.07 Å². The molecule has 5 heteroatoms. The van der Waals surface area contributed by atoms with Crippen molar-refractivity contribution < 1.29 is 13.2 Å². The third-order valence-electron chi connectivity index (χ3n) is 3.05. The van der Waals surface area contributed by atoms with Crippen molar-refractivity contribution in [2.24, 2.45) is 5.73 Å². The van der Waals surface area contributed by atoms with E-state index in [0.717, 1.165) is 11.8 Å². The summed E-state index contributed by atoms with van der Waals surface area (Å²) in [6.45, 7) is 3.95. The summed E-state index contributed by atoms with van der Waals surface area (Å²) in [5, 5.41) is 0.205. The number of halogens is 3. The Morgan fingerprint density at radius 3 is 2.44 bits per heavy atom. The molecule has 0 bridgehead atoms. The van der Waals surface area contributed by atoms with Crippen molar-refractivity contribution in [2.45, 2.75) is 32.5 Å². The van der Waals surface area contributed by atoms with Crippen LogP contribution in [0.2, 0.25) is 0 Å². The van der Waals surface area contributed by atoms with Gasteiger partial charge in [-0.05, 0) is 23.6 Å². The summed E-state index contributed by atoms with van der Waals surface area (Å²) in [5.41, 5.74) is 6.84. The van der Waals surface area contributed by atoms with Gasteiger partial charge in [0.25, 0.3) is 0 Å². The van der Waals surface area contributed by atoms with Crippen LogP contribution in [0, 0.1) is 0 Å². The lowest BCUT2D eigenvalue weighted by Gasteiger charge is -2.10. The molecule has 0 spiro atoms. The van der Waals surface area contributed by atoms with Crippen molar-refractivity contribution >= 4 is 10.9 Å². The fraction of sp³-hybridized carbons (Fsp3) is 0.385. The molecule has 98 valence electrons. The normalized spacial score (nSPS) is 12.6. The van der Waals surface area contributed by atoms with Crippen molar-refractivity contribution in [3.63, 3.8) is 0 Å². The number of alkyl halides is 3. The van der Waals surface area contributed by atoms with Crippen LogP contribution < -0.4 is 5.73 Å². The van der Waals surface area contributed by atoms with E-state index in [4.69, 9.17) is 5.73 Å². The number of rotatable bonds is 2. The van der Waals surface area contributed by atoms with Crippen LogP contribution in [0.25, 0.3) is 10.9 Å². The lowest BCUT2D eigenvalue weighted by molar-refractivity contribution is -0.136. The van der Waals surface area contributed by atoms with Crippen LogP contribution in [0.3, 0.4) is 0 Å². The average Bonchev–Trinajstić information content (AvgIpc) is 2.65. The predicted octanol–water partition coefficient (Wildman–Crippen LogP) is 3.77. The van der Waals surface area contributed by atoms with Crippen molar-refractivity contribution in [2.75, 3.05) is 0 Å². The Balaban J connectivity index is 2.83. The molecule has 0 radical (unpaired) electrons. The molecule has 2 rings (SSSR count). The summed E-state index contributed by atoms with van der Waals surface area (Å²) < 4.78 is 39.0. The lowest BCUT2D eigenvalue weighted by atomic mass is 10.0. The number of aromatic amines is 1. The Kier molecular flexibility index (Phi) is 3.11. The Morgan fingerprint density at radius 1 is 1.28 bits per heavy atom. The van der Waals surface area contributed by atoms with E-state index >= 15 is 0 Å². The van der Waals surface area contributed by atoms with Crippen LogP contribution in [0.15, 0.2) is 18.2 Å². The zero-order valence-corrected chi connectivity index (χ0v) is 10.2. The van der Waals surface area contributed by atoms with Gasteiger partial charge in [-0.2, -0.15) is 13.2 Å². The van der Waals surface area contributed by atoms with Gasteiger partial charge < -0.3 is 10.7 Å². The number of nitrogens with two attached hydrogens (primary N) is 1. The van der Waals surface area contributed by atoms with Crippen LogP contribution in [-0.4, -0.2) is 4.98 Å². The second-order valence-electron chi connectivity index (χ2n) is 4.60. The minimum absolute atomic E-state index is 0.0978. The van der Waals surface area contributed by atoms with E-state index < -0.39 is 11.7 Å². The van der Waals surface area contributed by atoms with Gasteiger partial charge in [0.05, 0.1) is 5.56 Å². The molecule has 1 aromatic heterocycles. The predicted molar refractivity (Wildman–Crippen MR) is 65.3 cm³/mol. The average molecular weight is 256 g/mol. The van der Waals surface area contributed by atoms with Crippen LogP contribution >= 0.6 is 0 Å². The summed E-state index contributed by atoms with van der Waals surface area (Å²) >= 11 is 0. The third-order valence-corrected chi connectivity index (χ3v) is 3.05. The number of nitrogens with one attached hydrogen (secondary N) is 1. The van der Waals surface area contributed by atoms with Gasteiger partial charge in [-0.15, -0.1) is 0 Å². The van der Waals surface area contributed by atoms with Gasteiger partial charge >= 0.3 is 6.18 Å². The second-order valence-corrected chi connectivity index (χ2v) is 4.60. The van der Waals surface area contributed by atoms with E-state index in [0.29, 0.717) is 11.1 Å². The number of aromatic nitrogens is 1. The van der Waals surface area contributed by atoms with E-state index in [2.05, 4.69) is 4.98 Å². The maximum absolute atomic E-state index is 13.0. The highest BCUT2D eigenvalue weighted by atomic mass is 19.4. The fourth-order valence-electron chi connectivity index (χ4n) is 2.28. The fourth-order valence-corrected chi connectivity index (χ4v) is 2.28. The largest absolute Gasteiger partial charge is 0.417 e. The van der Waals surface area contributed by atoms with E-state index in [1.807, 2.05) is 13.8 Å². The first kappa shape index (κ1) is 13.0. The maximum Gasteiger partial charge on any atom is 0.417 e. The molecule has 0 aliphatic carbocycles. The zero-order chi connectivity index (χ0) is 13.5. The first-order valence-corrected chi connectivity index (χ1v) is 5.77. The van der Waals surface area contributed by atoms with Crippen molar-refractivity contribution in [1.82, 2.24) is 4.98 Å². The molecule has 0 fully saturated rings. The topological polar surface area (TPSA) is 41.8 Å². The Labute approximate surface area is 103 Å². The molecule has 0 unspecified atom stereocenters. The maximum atomic E-state index is 13.0. The molecule has 2 nitrogen and oxygen atoms in total. The SMILES string of the molecule is CC(C)c1[nH]c2cccc(C(F)(F)F)c2c1CN. The van der Waals surface area contributed by atoms with E-state index in [9.17, 15) is 13.2 Å². The second kappa shape index (κ2) is 4.31. The van der Waals surface area contributed by atoms with E-state index in [-0.39, 0.29) is 17.8 Å². The molecule has 1 aromatic carbocycles. The molecule has 1 heterocycles. The first-order chi connectivity index (χ1) is 8.36. The summed E-state index contributed by atoms with van der Waals surface area (Å²) in [4.78, 5) is 3.05. The molecule has 3 N–H and O–H groups in total. The monoisotopic (exact) mass is 256 g/mol. The quantitative estimate of drug-likeness (QED) is 0.843. The highest BCUT2D eigenvalue weighted by molar-refractivity contribution is 5.88. The van der Waals surface area contributed by atoms with Crippen LogP contribution in [0.5, 0.6) is 0 Å². The summed E-state index contributed by atoms with van der Waals surface area (Å²) in [6, 6.07) is 4.15. The van der Waals surface area contributed by atoms with Gasteiger partial charge in [0.1, 0.15) is 0 Å².